The van der Waals surface area contributed by atoms with Crippen molar-refractivity contribution in [3.8, 4) is 0 Å². The fraction of sp³-hybridized carbons (Fsp3) is 0.250. The van der Waals surface area contributed by atoms with Crippen LogP contribution in [0.3, 0.4) is 0 Å². The van der Waals surface area contributed by atoms with Crippen LogP contribution < -0.4 is 16.8 Å². The lowest BCUT2D eigenvalue weighted by molar-refractivity contribution is 0.0953. The zero-order valence-corrected chi connectivity index (χ0v) is 10.4. The molecule has 7 nitrogen and oxygen atoms in total. The Morgan fingerprint density at radius 2 is 2.00 bits per heavy atom. The van der Waals surface area contributed by atoms with E-state index in [0.29, 0.717) is 23.5 Å². The van der Waals surface area contributed by atoms with Crippen molar-refractivity contribution in [3.63, 3.8) is 0 Å². The number of aromatic amines is 1. The van der Waals surface area contributed by atoms with E-state index in [9.17, 15) is 4.79 Å². The molecule has 19 heavy (non-hydrogen) atoms. The van der Waals surface area contributed by atoms with Gasteiger partial charge in [0, 0.05) is 29.9 Å². The Morgan fingerprint density at radius 3 is 2.63 bits per heavy atom. The van der Waals surface area contributed by atoms with Crippen molar-refractivity contribution in [1.82, 2.24) is 20.5 Å². The SMILES string of the molecule is Nc1cc(N)cc(C(=O)NCCCc2ncn[nH]2)c1. The summed E-state index contributed by atoms with van der Waals surface area (Å²) < 4.78 is 0. The molecule has 0 fully saturated rings. The highest BCUT2D eigenvalue weighted by Gasteiger charge is 2.06. The summed E-state index contributed by atoms with van der Waals surface area (Å²) in [6.07, 6.45) is 2.97. The number of nitrogens with one attached hydrogen (secondary N) is 2. The summed E-state index contributed by atoms with van der Waals surface area (Å²) in [5.41, 5.74) is 12.7. The second-order valence-corrected chi connectivity index (χ2v) is 4.18. The van der Waals surface area contributed by atoms with Gasteiger partial charge in [-0.15, -0.1) is 0 Å². The summed E-state index contributed by atoms with van der Waals surface area (Å²) in [6.45, 7) is 0.550. The van der Waals surface area contributed by atoms with E-state index in [4.69, 9.17) is 11.5 Å². The monoisotopic (exact) mass is 260 g/mol. The second kappa shape index (κ2) is 5.85. The van der Waals surface area contributed by atoms with Gasteiger partial charge in [0.15, 0.2) is 0 Å². The van der Waals surface area contributed by atoms with Crippen molar-refractivity contribution in [2.75, 3.05) is 18.0 Å². The average molecular weight is 260 g/mol. The molecule has 0 spiro atoms. The van der Waals surface area contributed by atoms with Crippen LogP contribution in [0.2, 0.25) is 0 Å². The number of hydrogen-bond donors (Lipinski definition) is 4. The van der Waals surface area contributed by atoms with Crippen molar-refractivity contribution >= 4 is 17.3 Å². The Hall–Kier alpha value is -2.57. The van der Waals surface area contributed by atoms with Gasteiger partial charge in [0.2, 0.25) is 0 Å². The van der Waals surface area contributed by atoms with E-state index < -0.39 is 0 Å². The van der Waals surface area contributed by atoms with Crippen LogP contribution in [0.4, 0.5) is 11.4 Å². The Bertz CT molecular complexity index is 531. The third kappa shape index (κ3) is 3.70. The van der Waals surface area contributed by atoms with E-state index in [0.717, 1.165) is 18.7 Å². The molecule has 1 heterocycles. The standard InChI is InChI=1S/C12H16N6O/c13-9-4-8(5-10(14)6-9)12(19)15-3-1-2-11-16-7-17-18-11/h4-7H,1-3,13-14H2,(H,15,19)(H,16,17,18). The van der Waals surface area contributed by atoms with Gasteiger partial charge in [0.25, 0.3) is 5.91 Å². The summed E-state index contributed by atoms with van der Waals surface area (Å²) in [5.74, 6) is 0.624. The van der Waals surface area contributed by atoms with Crippen LogP contribution in [-0.4, -0.2) is 27.6 Å². The average Bonchev–Trinajstić information content (AvgIpc) is 2.86. The van der Waals surface area contributed by atoms with Crippen molar-refractivity contribution in [3.05, 3.63) is 35.9 Å². The third-order valence-corrected chi connectivity index (χ3v) is 2.58. The van der Waals surface area contributed by atoms with E-state index in [1.54, 1.807) is 18.2 Å². The molecule has 2 rings (SSSR count). The molecule has 0 saturated heterocycles. The molecule has 2 aromatic rings. The van der Waals surface area contributed by atoms with Gasteiger partial charge >= 0.3 is 0 Å². The van der Waals surface area contributed by atoms with Crippen LogP contribution in [0, 0.1) is 0 Å². The molecule has 0 radical (unpaired) electrons. The highest BCUT2D eigenvalue weighted by Crippen LogP contribution is 2.13. The zero-order chi connectivity index (χ0) is 13.7. The van der Waals surface area contributed by atoms with Crippen LogP contribution in [0.15, 0.2) is 24.5 Å². The molecule has 0 aliphatic heterocycles. The fourth-order valence-electron chi connectivity index (χ4n) is 1.72. The van der Waals surface area contributed by atoms with Gasteiger partial charge < -0.3 is 16.8 Å². The molecule has 7 heteroatoms. The van der Waals surface area contributed by atoms with Gasteiger partial charge in [-0.3, -0.25) is 9.89 Å². The Kier molecular flexibility index (Phi) is 3.97. The predicted octanol–water partition coefficient (Wildman–Crippen LogP) is 0.332. The van der Waals surface area contributed by atoms with Gasteiger partial charge in [-0.1, -0.05) is 0 Å². The number of hydrogen-bond acceptors (Lipinski definition) is 5. The van der Waals surface area contributed by atoms with E-state index in [1.165, 1.54) is 6.33 Å². The van der Waals surface area contributed by atoms with Crippen molar-refractivity contribution in [2.24, 2.45) is 0 Å². The first-order chi connectivity index (χ1) is 9.15. The van der Waals surface area contributed by atoms with Crippen LogP contribution in [-0.2, 0) is 6.42 Å². The number of aromatic nitrogens is 3. The van der Waals surface area contributed by atoms with Crippen molar-refractivity contribution < 1.29 is 4.79 Å². The molecular weight excluding hydrogens is 244 g/mol. The number of H-pyrrole nitrogens is 1. The normalized spacial score (nSPS) is 10.3. The zero-order valence-electron chi connectivity index (χ0n) is 10.4. The number of aryl methyl sites for hydroxylation is 1. The quantitative estimate of drug-likeness (QED) is 0.456. The van der Waals surface area contributed by atoms with Gasteiger partial charge in [-0.05, 0) is 24.6 Å². The molecule has 0 aliphatic rings. The van der Waals surface area contributed by atoms with Crippen LogP contribution in [0.25, 0.3) is 0 Å². The molecule has 1 aromatic heterocycles. The van der Waals surface area contributed by atoms with Crippen molar-refractivity contribution in [2.45, 2.75) is 12.8 Å². The van der Waals surface area contributed by atoms with E-state index in [2.05, 4.69) is 20.5 Å². The largest absolute Gasteiger partial charge is 0.399 e. The molecule has 6 N–H and O–H groups in total. The summed E-state index contributed by atoms with van der Waals surface area (Å²) in [5, 5.41) is 9.32. The lowest BCUT2D eigenvalue weighted by Crippen LogP contribution is -2.25. The summed E-state index contributed by atoms with van der Waals surface area (Å²) in [4.78, 5) is 15.9. The molecular formula is C12H16N6O. The number of nitrogen functional groups attached to an aromatic ring is 2. The number of amides is 1. The first-order valence-electron chi connectivity index (χ1n) is 5.93. The smallest absolute Gasteiger partial charge is 0.251 e. The number of carbonyl (C=O) groups is 1. The maximum atomic E-state index is 11.9. The summed E-state index contributed by atoms with van der Waals surface area (Å²) in [7, 11) is 0. The molecule has 1 amide bonds. The van der Waals surface area contributed by atoms with Gasteiger partial charge in [-0.25, -0.2) is 4.98 Å². The number of rotatable bonds is 5. The van der Waals surface area contributed by atoms with Crippen LogP contribution in [0.5, 0.6) is 0 Å². The van der Waals surface area contributed by atoms with Crippen LogP contribution in [0.1, 0.15) is 22.6 Å². The maximum Gasteiger partial charge on any atom is 0.251 e. The van der Waals surface area contributed by atoms with E-state index in [-0.39, 0.29) is 5.91 Å². The van der Waals surface area contributed by atoms with Crippen LogP contribution >= 0.6 is 0 Å². The number of anilines is 2. The van der Waals surface area contributed by atoms with Crippen molar-refractivity contribution in [1.29, 1.82) is 0 Å². The summed E-state index contributed by atoms with van der Waals surface area (Å²) >= 11 is 0. The summed E-state index contributed by atoms with van der Waals surface area (Å²) in [6, 6.07) is 4.81. The van der Waals surface area contributed by atoms with E-state index >= 15 is 0 Å². The molecule has 1 aromatic carbocycles. The lowest BCUT2D eigenvalue weighted by Gasteiger charge is -2.06. The first kappa shape index (κ1) is 12.9. The third-order valence-electron chi connectivity index (χ3n) is 2.58. The number of nitrogens with two attached hydrogens (primary N) is 2. The molecule has 100 valence electrons. The van der Waals surface area contributed by atoms with E-state index in [1.807, 2.05) is 0 Å². The minimum Gasteiger partial charge on any atom is -0.399 e. The Labute approximate surface area is 110 Å². The second-order valence-electron chi connectivity index (χ2n) is 4.18. The van der Waals surface area contributed by atoms with Gasteiger partial charge in [0.05, 0.1) is 0 Å². The fourth-order valence-corrected chi connectivity index (χ4v) is 1.72. The van der Waals surface area contributed by atoms with Gasteiger partial charge in [0.1, 0.15) is 12.2 Å². The molecule has 0 saturated carbocycles. The minimum atomic E-state index is -0.184. The lowest BCUT2D eigenvalue weighted by atomic mass is 10.1. The molecule has 0 unspecified atom stereocenters. The molecule has 0 aliphatic carbocycles. The highest BCUT2D eigenvalue weighted by molar-refractivity contribution is 5.96. The first-order valence-corrected chi connectivity index (χ1v) is 5.93. The Morgan fingerprint density at radius 1 is 1.26 bits per heavy atom. The minimum absolute atomic E-state index is 0.184. The highest BCUT2D eigenvalue weighted by atomic mass is 16.1. The Balaban J connectivity index is 1.80. The van der Waals surface area contributed by atoms with Gasteiger partial charge in [-0.2, -0.15) is 5.10 Å². The molecule has 0 bridgehead atoms. The predicted molar refractivity (Wildman–Crippen MR) is 72.3 cm³/mol. The maximum absolute atomic E-state index is 11.9. The topological polar surface area (TPSA) is 123 Å². The molecule has 0 atom stereocenters. The number of benzene rings is 1. The number of nitrogens with zero attached hydrogens (tertiary/aromatic N) is 2. The number of carbonyl (C=O) groups excluding carboxylic acids is 1.